The monoisotopic (exact) mass is 241 g/mol. The topological polar surface area (TPSA) is 29.5 Å². The van der Waals surface area contributed by atoms with Gasteiger partial charge in [-0.25, -0.2) is 4.39 Å². The second-order valence-corrected chi connectivity index (χ2v) is 4.39. The van der Waals surface area contributed by atoms with Gasteiger partial charge in [0.1, 0.15) is 0 Å². The van der Waals surface area contributed by atoms with Crippen LogP contribution >= 0.6 is 12.6 Å². The zero-order valence-electron chi connectivity index (χ0n) is 8.81. The highest BCUT2D eigenvalue weighted by Crippen LogP contribution is 2.31. The first-order valence-electron chi connectivity index (χ1n) is 4.94. The quantitative estimate of drug-likeness (QED) is 0.801. The van der Waals surface area contributed by atoms with Crippen LogP contribution in [0.15, 0.2) is 18.2 Å². The molecule has 5 heteroatoms. The molecular formula is C11H12FNO2S. The summed E-state index contributed by atoms with van der Waals surface area (Å²) >= 11 is 4.23. The predicted molar refractivity (Wildman–Crippen MR) is 62.7 cm³/mol. The van der Waals surface area contributed by atoms with E-state index in [9.17, 15) is 9.18 Å². The van der Waals surface area contributed by atoms with Crippen LogP contribution in [0.1, 0.15) is 6.42 Å². The Hall–Kier alpha value is -1.23. The van der Waals surface area contributed by atoms with E-state index >= 15 is 0 Å². The molecule has 1 aliphatic rings. The molecule has 86 valence electrons. The molecule has 2 rings (SSSR count). The summed E-state index contributed by atoms with van der Waals surface area (Å²) in [5.74, 6) is -0.458. The first kappa shape index (κ1) is 11.3. The Bertz CT molecular complexity index is 424. The molecule has 1 atom stereocenters. The van der Waals surface area contributed by atoms with E-state index in [-0.39, 0.29) is 22.6 Å². The van der Waals surface area contributed by atoms with Crippen LogP contribution < -0.4 is 9.64 Å². The van der Waals surface area contributed by atoms with Crippen molar-refractivity contribution >= 4 is 24.2 Å². The Labute approximate surface area is 98.6 Å². The van der Waals surface area contributed by atoms with Crippen LogP contribution in [0.3, 0.4) is 0 Å². The lowest BCUT2D eigenvalue weighted by molar-refractivity contribution is -0.117. The second-order valence-electron chi connectivity index (χ2n) is 3.66. The largest absolute Gasteiger partial charge is 0.494 e. The molecule has 1 aromatic carbocycles. The molecule has 16 heavy (non-hydrogen) atoms. The Balaban J connectivity index is 2.37. The van der Waals surface area contributed by atoms with E-state index in [0.29, 0.717) is 13.0 Å². The molecule has 1 fully saturated rings. The van der Waals surface area contributed by atoms with Gasteiger partial charge < -0.3 is 9.64 Å². The molecular weight excluding hydrogens is 229 g/mol. The van der Waals surface area contributed by atoms with Crippen molar-refractivity contribution in [2.75, 3.05) is 18.6 Å². The number of ether oxygens (including phenoxy) is 1. The number of benzene rings is 1. The van der Waals surface area contributed by atoms with Crippen molar-refractivity contribution in [3.8, 4) is 5.75 Å². The van der Waals surface area contributed by atoms with E-state index in [4.69, 9.17) is 4.74 Å². The lowest BCUT2D eigenvalue weighted by atomic mass is 10.2. The smallest absolute Gasteiger partial charge is 0.228 e. The van der Waals surface area contributed by atoms with Gasteiger partial charge in [-0.1, -0.05) is 6.07 Å². The number of hydrogen-bond acceptors (Lipinski definition) is 3. The normalized spacial score (nSPS) is 20.3. The van der Waals surface area contributed by atoms with Crippen molar-refractivity contribution in [1.82, 2.24) is 0 Å². The summed E-state index contributed by atoms with van der Waals surface area (Å²) in [6.07, 6.45) is 0.347. The summed E-state index contributed by atoms with van der Waals surface area (Å²) in [7, 11) is 1.40. The molecule has 1 amide bonds. The number of halogens is 1. The summed E-state index contributed by atoms with van der Waals surface area (Å²) in [5, 5.41) is -0.0295. The van der Waals surface area contributed by atoms with Crippen molar-refractivity contribution in [1.29, 1.82) is 0 Å². The summed E-state index contributed by atoms with van der Waals surface area (Å²) < 4.78 is 18.8. The van der Waals surface area contributed by atoms with Crippen LogP contribution in [0.5, 0.6) is 5.75 Å². The number of amides is 1. The Kier molecular flexibility index (Phi) is 3.05. The first-order chi connectivity index (χ1) is 7.63. The lowest BCUT2D eigenvalue weighted by Crippen LogP contribution is -2.25. The number of methoxy groups -OCH3 is 1. The standard InChI is InChI=1S/C11H12FNO2S/c1-15-9-4-2-3-8(11(9)12)13-6-7(16)5-10(13)14/h2-4,7,16H,5-6H2,1H3. The maximum absolute atomic E-state index is 13.9. The minimum atomic E-state index is -0.499. The van der Waals surface area contributed by atoms with Gasteiger partial charge in [-0.15, -0.1) is 0 Å². The number of nitrogens with zero attached hydrogens (tertiary/aromatic N) is 1. The number of anilines is 1. The maximum atomic E-state index is 13.9. The third-order valence-corrected chi connectivity index (χ3v) is 2.90. The molecule has 1 aliphatic heterocycles. The molecule has 0 radical (unpaired) electrons. The first-order valence-corrected chi connectivity index (χ1v) is 5.46. The molecule has 0 spiro atoms. The van der Waals surface area contributed by atoms with Crippen LogP contribution in [0, 0.1) is 5.82 Å². The summed E-state index contributed by atoms with van der Waals surface area (Å²) in [4.78, 5) is 13.0. The average Bonchev–Trinajstić information content (AvgIpc) is 2.58. The molecule has 0 bridgehead atoms. The number of carbonyl (C=O) groups is 1. The highest BCUT2D eigenvalue weighted by molar-refractivity contribution is 7.81. The number of thiol groups is 1. The highest BCUT2D eigenvalue weighted by atomic mass is 32.1. The van der Waals surface area contributed by atoms with E-state index in [2.05, 4.69) is 12.6 Å². The fourth-order valence-electron chi connectivity index (χ4n) is 1.79. The van der Waals surface area contributed by atoms with E-state index < -0.39 is 5.82 Å². The molecule has 3 nitrogen and oxygen atoms in total. The van der Waals surface area contributed by atoms with Crippen LogP contribution in [0.25, 0.3) is 0 Å². The zero-order chi connectivity index (χ0) is 11.7. The van der Waals surface area contributed by atoms with Crippen molar-refractivity contribution in [2.24, 2.45) is 0 Å². The molecule has 1 unspecified atom stereocenters. The molecule has 1 saturated heterocycles. The van der Waals surface area contributed by atoms with E-state index in [1.165, 1.54) is 18.1 Å². The van der Waals surface area contributed by atoms with Gasteiger partial charge in [0.05, 0.1) is 12.8 Å². The number of hydrogen-bond donors (Lipinski definition) is 1. The van der Waals surface area contributed by atoms with Gasteiger partial charge in [0.2, 0.25) is 5.91 Å². The molecule has 0 aliphatic carbocycles. The lowest BCUT2D eigenvalue weighted by Gasteiger charge is -2.17. The molecule has 0 N–H and O–H groups in total. The Morgan fingerprint density at radius 2 is 2.31 bits per heavy atom. The van der Waals surface area contributed by atoms with Gasteiger partial charge in [-0.05, 0) is 12.1 Å². The average molecular weight is 241 g/mol. The second kappa shape index (κ2) is 4.33. The van der Waals surface area contributed by atoms with Crippen molar-refractivity contribution < 1.29 is 13.9 Å². The summed E-state index contributed by atoms with van der Waals surface area (Å²) in [6, 6.07) is 4.76. The van der Waals surface area contributed by atoms with Crippen molar-refractivity contribution in [3.05, 3.63) is 24.0 Å². The fourth-order valence-corrected chi connectivity index (χ4v) is 2.11. The number of rotatable bonds is 2. The van der Waals surface area contributed by atoms with Gasteiger partial charge in [0.25, 0.3) is 0 Å². The third kappa shape index (κ3) is 1.87. The molecule has 0 aromatic heterocycles. The SMILES string of the molecule is COc1cccc(N2CC(S)CC2=O)c1F. The molecule has 1 heterocycles. The van der Waals surface area contributed by atoms with Crippen LogP contribution in [0.4, 0.5) is 10.1 Å². The third-order valence-electron chi connectivity index (χ3n) is 2.56. The van der Waals surface area contributed by atoms with E-state index in [1.807, 2.05) is 0 Å². The maximum Gasteiger partial charge on any atom is 0.228 e. The van der Waals surface area contributed by atoms with Gasteiger partial charge in [0, 0.05) is 18.2 Å². The van der Waals surface area contributed by atoms with E-state index in [0.717, 1.165) is 0 Å². The fraction of sp³-hybridized carbons (Fsp3) is 0.364. The molecule has 0 saturated carbocycles. The van der Waals surface area contributed by atoms with Gasteiger partial charge in [0.15, 0.2) is 11.6 Å². The van der Waals surface area contributed by atoms with Crippen LogP contribution in [-0.2, 0) is 4.79 Å². The zero-order valence-corrected chi connectivity index (χ0v) is 9.71. The van der Waals surface area contributed by atoms with Gasteiger partial charge >= 0.3 is 0 Å². The Morgan fingerprint density at radius 1 is 1.56 bits per heavy atom. The summed E-state index contributed by atoms with van der Waals surface area (Å²) in [6.45, 7) is 0.437. The van der Waals surface area contributed by atoms with E-state index in [1.54, 1.807) is 12.1 Å². The van der Waals surface area contributed by atoms with Crippen LogP contribution in [-0.4, -0.2) is 24.8 Å². The predicted octanol–water partition coefficient (Wildman–Crippen LogP) is 1.87. The van der Waals surface area contributed by atoms with Gasteiger partial charge in [-0.2, -0.15) is 12.6 Å². The van der Waals surface area contributed by atoms with Crippen molar-refractivity contribution in [3.63, 3.8) is 0 Å². The van der Waals surface area contributed by atoms with Crippen molar-refractivity contribution in [2.45, 2.75) is 11.7 Å². The number of carbonyl (C=O) groups excluding carboxylic acids is 1. The highest BCUT2D eigenvalue weighted by Gasteiger charge is 2.30. The van der Waals surface area contributed by atoms with Crippen LogP contribution in [0.2, 0.25) is 0 Å². The Morgan fingerprint density at radius 3 is 2.88 bits per heavy atom. The minimum absolute atomic E-state index is 0.0295. The van der Waals surface area contributed by atoms with Gasteiger partial charge in [-0.3, -0.25) is 4.79 Å². The molecule has 1 aromatic rings. The minimum Gasteiger partial charge on any atom is -0.494 e. The summed E-state index contributed by atoms with van der Waals surface area (Å²) in [5.41, 5.74) is 0.265.